The van der Waals surface area contributed by atoms with Gasteiger partial charge in [-0.2, -0.15) is 13.2 Å². The maximum Gasteiger partial charge on any atom is 0.415 e. The molecular weight excluding hydrogens is 249 g/mol. The van der Waals surface area contributed by atoms with Crippen LogP contribution in [0.4, 0.5) is 13.2 Å². The van der Waals surface area contributed by atoms with Gasteiger partial charge in [-0.3, -0.25) is 4.79 Å². The maximum atomic E-state index is 12.4. The summed E-state index contributed by atoms with van der Waals surface area (Å²) in [5.41, 5.74) is 2.10. The fourth-order valence-corrected chi connectivity index (χ4v) is 1.04. The summed E-state index contributed by atoms with van der Waals surface area (Å²) < 4.78 is 42.4. The molecular formula is C11H21F3N2O2. The molecule has 1 unspecified atom stereocenters. The maximum absolute atomic E-state index is 12.4. The summed E-state index contributed by atoms with van der Waals surface area (Å²) in [5.74, 6) is -1.22. The van der Waals surface area contributed by atoms with Gasteiger partial charge in [0.05, 0.1) is 0 Å². The zero-order chi connectivity index (χ0) is 14.2. The van der Waals surface area contributed by atoms with E-state index in [9.17, 15) is 18.0 Å². The van der Waals surface area contributed by atoms with Gasteiger partial charge in [0.2, 0.25) is 5.91 Å². The second kappa shape index (κ2) is 7.58. The summed E-state index contributed by atoms with van der Waals surface area (Å²) in [6.45, 7) is 3.84. The number of unbranched alkanes of at least 4 members (excludes halogenated alkanes) is 1. The Morgan fingerprint density at radius 3 is 2.33 bits per heavy atom. The van der Waals surface area contributed by atoms with E-state index in [1.165, 1.54) is 0 Å². The lowest BCUT2D eigenvalue weighted by molar-refractivity contribution is -0.187. The molecule has 0 aliphatic carbocycles. The number of hydrogen-bond donors (Lipinski definition) is 2. The Morgan fingerprint density at radius 1 is 1.28 bits per heavy atom. The van der Waals surface area contributed by atoms with Gasteiger partial charge in [0.15, 0.2) is 5.54 Å². The molecule has 0 saturated heterocycles. The molecule has 1 amide bonds. The third-order valence-corrected chi connectivity index (χ3v) is 2.45. The molecule has 1 atom stereocenters. The number of rotatable bonds is 8. The van der Waals surface area contributed by atoms with Gasteiger partial charge >= 0.3 is 6.18 Å². The zero-order valence-corrected chi connectivity index (χ0v) is 10.8. The van der Waals surface area contributed by atoms with Gasteiger partial charge < -0.3 is 15.8 Å². The lowest BCUT2D eigenvalue weighted by atomic mass is 10.0. The predicted molar refractivity (Wildman–Crippen MR) is 62.0 cm³/mol. The number of carbonyl (C=O) groups excluding carboxylic acids is 1. The number of halogens is 3. The lowest BCUT2D eigenvalue weighted by Crippen LogP contribution is -2.61. The molecule has 0 aliphatic rings. The van der Waals surface area contributed by atoms with Crippen LogP contribution in [-0.4, -0.2) is 37.4 Å². The van der Waals surface area contributed by atoms with Crippen LogP contribution in [0.25, 0.3) is 0 Å². The molecule has 0 saturated carbocycles. The van der Waals surface area contributed by atoms with Crippen molar-refractivity contribution in [2.24, 2.45) is 5.73 Å². The summed E-state index contributed by atoms with van der Waals surface area (Å²) in [6.07, 6.45) is -2.33. The highest BCUT2D eigenvalue weighted by Gasteiger charge is 2.53. The average Bonchev–Trinajstić information content (AvgIpc) is 2.26. The Bertz CT molecular complexity index is 255. The van der Waals surface area contributed by atoms with Crippen molar-refractivity contribution in [3.05, 3.63) is 0 Å². The van der Waals surface area contributed by atoms with Crippen LogP contribution in [-0.2, 0) is 9.53 Å². The number of nitrogens with two attached hydrogens (primary N) is 1. The predicted octanol–water partition coefficient (Wildman–Crippen LogP) is 1.59. The number of amides is 1. The van der Waals surface area contributed by atoms with E-state index in [0.717, 1.165) is 12.8 Å². The van der Waals surface area contributed by atoms with Crippen LogP contribution in [0, 0.1) is 0 Å². The van der Waals surface area contributed by atoms with Gasteiger partial charge in [0.1, 0.15) is 0 Å². The minimum absolute atomic E-state index is 0.119. The average molecular weight is 270 g/mol. The van der Waals surface area contributed by atoms with Crippen LogP contribution < -0.4 is 11.1 Å². The fraction of sp³-hybridized carbons (Fsp3) is 0.909. The molecule has 0 aliphatic heterocycles. The first-order chi connectivity index (χ1) is 8.23. The third kappa shape index (κ3) is 5.68. The second-order valence-electron chi connectivity index (χ2n) is 4.28. The molecule has 7 heteroatoms. The van der Waals surface area contributed by atoms with E-state index in [0.29, 0.717) is 26.6 Å². The zero-order valence-electron chi connectivity index (χ0n) is 10.8. The van der Waals surface area contributed by atoms with Crippen LogP contribution in [0.15, 0.2) is 0 Å². The van der Waals surface area contributed by atoms with Crippen molar-refractivity contribution in [1.29, 1.82) is 0 Å². The van der Waals surface area contributed by atoms with Crippen LogP contribution >= 0.6 is 0 Å². The Labute approximate surface area is 105 Å². The van der Waals surface area contributed by atoms with Crippen molar-refractivity contribution >= 4 is 5.91 Å². The number of nitrogens with one attached hydrogen (secondary N) is 1. The van der Waals surface area contributed by atoms with E-state index in [4.69, 9.17) is 10.5 Å². The molecule has 0 radical (unpaired) electrons. The van der Waals surface area contributed by atoms with Gasteiger partial charge in [-0.1, -0.05) is 13.3 Å². The molecule has 4 nitrogen and oxygen atoms in total. The Hall–Kier alpha value is -0.820. The highest BCUT2D eigenvalue weighted by atomic mass is 19.4. The normalized spacial score (nSPS) is 15.2. The SMILES string of the molecule is CCCCOCCCNC(=O)C(C)(N)C(F)(F)F. The summed E-state index contributed by atoms with van der Waals surface area (Å²) in [6, 6.07) is 0. The van der Waals surface area contributed by atoms with Gasteiger partial charge in [-0.05, 0) is 19.8 Å². The van der Waals surface area contributed by atoms with Crippen molar-refractivity contribution in [1.82, 2.24) is 5.32 Å². The quantitative estimate of drug-likeness (QED) is 0.658. The molecule has 0 spiro atoms. The minimum Gasteiger partial charge on any atom is -0.381 e. The number of hydrogen-bond acceptors (Lipinski definition) is 3. The van der Waals surface area contributed by atoms with Gasteiger partial charge in [0.25, 0.3) is 0 Å². The van der Waals surface area contributed by atoms with E-state index >= 15 is 0 Å². The van der Waals surface area contributed by atoms with Gasteiger partial charge in [0, 0.05) is 19.8 Å². The molecule has 0 rings (SSSR count). The standard InChI is InChI=1S/C11H21F3N2O2/c1-3-4-7-18-8-5-6-16-9(17)10(2,15)11(12,13)14/h3-8,15H2,1-2H3,(H,16,17). The highest BCUT2D eigenvalue weighted by molar-refractivity contribution is 5.86. The Kier molecular flexibility index (Phi) is 7.23. The third-order valence-electron chi connectivity index (χ3n) is 2.45. The van der Waals surface area contributed by atoms with E-state index in [2.05, 4.69) is 5.32 Å². The Morgan fingerprint density at radius 2 is 1.83 bits per heavy atom. The lowest BCUT2D eigenvalue weighted by Gasteiger charge is -2.26. The molecule has 0 heterocycles. The monoisotopic (exact) mass is 270 g/mol. The molecule has 108 valence electrons. The summed E-state index contributed by atoms with van der Waals surface area (Å²) in [5, 5.41) is 2.16. The van der Waals surface area contributed by atoms with Crippen molar-refractivity contribution in [2.45, 2.75) is 44.8 Å². The van der Waals surface area contributed by atoms with E-state index < -0.39 is 17.6 Å². The van der Waals surface area contributed by atoms with E-state index in [1.807, 2.05) is 6.92 Å². The fourth-order valence-electron chi connectivity index (χ4n) is 1.04. The van der Waals surface area contributed by atoms with Crippen molar-refractivity contribution in [3.63, 3.8) is 0 Å². The van der Waals surface area contributed by atoms with E-state index in [-0.39, 0.29) is 6.54 Å². The summed E-state index contributed by atoms with van der Waals surface area (Å²) >= 11 is 0. The van der Waals surface area contributed by atoms with Gasteiger partial charge in [-0.15, -0.1) is 0 Å². The molecule has 0 aromatic carbocycles. The minimum atomic E-state index is -4.76. The molecule has 0 aromatic rings. The summed E-state index contributed by atoms with van der Waals surface area (Å²) in [4.78, 5) is 11.2. The van der Waals surface area contributed by atoms with Crippen LogP contribution in [0.5, 0.6) is 0 Å². The summed E-state index contributed by atoms with van der Waals surface area (Å²) in [7, 11) is 0. The number of carbonyl (C=O) groups is 1. The second-order valence-corrected chi connectivity index (χ2v) is 4.28. The molecule has 0 bridgehead atoms. The van der Waals surface area contributed by atoms with Crippen molar-refractivity contribution in [2.75, 3.05) is 19.8 Å². The van der Waals surface area contributed by atoms with Crippen molar-refractivity contribution in [3.8, 4) is 0 Å². The molecule has 0 aromatic heterocycles. The number of ether oxygens (including phenoxy) is 1. The smallest absolute Gasteiger partial charge is 0.381 e. The molecule has 3 N–H and O–H groups in total. The first-order valence-corrected chi connectivity index (χ1v) is 5.95. The van der Waals surface area contributed by atoms with Gasteiger partial charge in [-0.25, -0.2) is 0 Å². The first-order valence-electron chi connectivity index (χ1n) is 5.95. The first kappa shape index (κ1) is 17.2. The number of alkyl halides is 3. The van der Waals surface area contributed by atoms with Crippen LogP contribution in [0.3, 0.4) is 0 Å². The van der Waals surface area contributed by atoms with Crippen LogP contribution in [0.2, 0.25) is 0 Å². The Balaban J connectivity index is 3.78. The molecule has 0 fully saturated rings. The molecule has 18 heavy (non-hydrogen) atoms. The highest BCUT2D eigenvalue weighted by Crippen LogP contribution is 2.27. The van der Waals surface area contributed by atoms with Crippen LogP contribution in [0.1, 0.15) is 33.1 Å². The topological polar surface area (TPSA) is 64.3 Å². The largest absolute Gasteiger partial charge is 0.415 e. The van der Waals surface area contributed by atoms with E-state index in [1.54, 1.807) is 0 Å². The van der Waals surface area contributed by atoms with Crippen molar-refractivity contribution < 1.29 is 22.7 Å².